The van der Waals surface area contributed by atoms with Gasteiger partial charge < -0.3 is 9.47 Å². The van der Waals surface area contributed by atoms with Crippen molar-refractivity contribution in [1.82, 2.24) is 4.72 Å². The first-order chi connectivity index (χ1) is 8.85. The summed E-state index contributed by atoms with van der Waals surface area (Å²) in [6, 6.07) is 0. The molecule has 0 heterocycles. The Morgan fingerprint density at radius 2 is 1.95 bits per heavy atom. The van der Waals surface area contributed by atoms with Gasteiger partial charge in [-0.2, -0.15) is 0 Å². The smallest absolute Gasteiger partial charge is 0.265 e. The van der Waals surface area contributed by atoms with Crippen molar-refractivity contribution in [3.05, 3.63) is 0 Å². The molecule has 1 rings (SSSR count). The number of carbonyl (C=O) groups is 1. The maximum atomic E-state index is 12.2. The highest BCUT2D eigenvalue weighted by molar-refractivity contribution is 7.90. The summed E-state index contributed by atoms with van der Waals surface area (Å²) in [5.74, 6) is -0.785. The number of carbonyl (C=O) groups excluding carboxylic acids is 1. The summed E-state index contributed by atoms with van der Waals surface area (Å²) in [5.41, 5.74) is -0.974. The van der Waals surface area contributed by atoms with Gasteiger partial charge in [-0.05, 0) is 39.5 Å². The van der Waals surface area contributed by atoms with E-state index in [-0.39, 0.29) is 5.75 Å². The molecule has 0 bridgehead atoms. The summed E-state index contributed by atoms with van der Waals surface area (Å²) >= 11 is 0. The van der Waals surface area contributed by atoms with Crippen LogP contribution in [0.2, 0.25) is 0 Å². The Balaban J connectivity index is 2.72. The molecule has 0 aromatic carbocycles. The number of sulfonamides is 1. The number of methoxy groups -OCH3 is 1. The highest BCUT2D eigenvalue weighted by Gasteiger charge is 2.43. The standard InChI is InChI=1S/C12H23NO5S/c1-4-18-12(7-5-6-8-12)11(14)13-19(15,16)9-10(2)17-3/h10H,4-9H2,1-3H3,(H,13,14)/t10-/m0/s1. The van der Waals surface area contributed by atoms with Crippen LogP contribution in [0.4, 0.5) is 0 Å². The van der Waals surface area contributed by atoms with Gasteiger partial charge in [0.05, 0.1) is 11.9 Å². The van der Waals surface area contributed by atoms with Gasteiger partial charge >= 0.3 is 0 Å². The lowest BCUT2D eigenvalue weighted by molar-refractivity contribution is -0.143. The van der Waals surface area contributed by atoms with E-state index in [2.05, 4.69) is 4.72 Å². The van der Waals surface area contributed by atoms with Gasteiger partial charge in [0.2, 0.25) is 10.0 Å². The van der Waals surface area contributed by atoms with Gasteiger partial charge in [-0.25, -0.2) is 8.42 Å². The van der Waals surface area contributed by atoms with Crippen LogP contribution in [0.1, 0.15) is 39.5 Å². The Hall–Kier alpha value is -0.660. The third-order valence-electron chi connectivity index (χ3n) is 3.35. The Morgan fingerprint density at radius 3 is 2.42 bits per heavy atom. The third-order valence-corrected chi connectivity index (χ3v) is 4.76. The Kier molecular flexibility index (Phi) is 5.76. The first-order valence-corrected chi connectivity index (χ1v) is 8.22. The van der Waals surface area contributed by atoms with E-state index in [9.17, 15) is 13.2 Å². The van der Waals surface area contributed by atoms with Crippen LogP contribution in [0, 0.1) is 0 Å². The van der Waals surface area contributed by atoms with Crippen LogP contribution in [0.3, 0.4) is 0 Å². The molecule has 1 saturated carbocycles. The molecule has 0 aliphatic heterocycles. The van der Waals surface area contributed by atoms with Crippen LogP contribution < -0.4 is 4.72 Å². The molecule has 0 spiro atoms. The molecule has 0 aromatic rings. The number of amides is 1. The predicted octanol–water partition coefficient (Wildman–Crippen LogP) is 0.817. The maximum absolute atomic E-state index is 12.2. The largest absolute Gasteiger partial charge is 0.381 e. The van der Waals surface area contributed by atoms with Crippen molar-refractivity contribution in [3.8, 4) is 0 Å². The van der Waals surface area contributed by atoms with Crippen molar-refractivity contribution >= 4 is 15.9 Å². The van der Waals surface area contributed by atoms with Gasteiger partial charge in [-0.15, -0.1) is 0 Å². The topological polar surface area (TPSA) is 81.7 Å². The quantitative estimate of drug-likeness (QED) is 0.751. The Morgan fingerprint density at radius 1 is 1.37 bits per heavy atom. The molecule has 1 N–H and O–H groups in total. The molecular formula is C12H23NO5S. The summed E-state index contributed by atoms with van der Waals surface area (Å²) in [4.78, 5) is 12.2. The molecule has 1 aliphatic carbocycles. The monoisotopic (exact) mass is 293 g/mol. The number of hydrogen-bond acceptors (Lipinski definition) is 5. The first-order valence-electron chi connectivity index (χ1n) is 6.57. The average molecular weight is 293 g/mol. The SMILES string of the molecule is CCOC1(C(=O)NS(=O)(=O)C[C@H](C)OC)CCCC1. The molecular weight excluding hydrogens is 270 g/mol. The van der Waals surface area contributed by atoms with Crippen LogP contribution in [0.25, 0.3) is 0 Å². The van der Waals surface area contributed by atoms with Crippen molar-refractivity contribution in [2.75, 3.05) is 19.5 Å². The second-order valence-electron chi connectivity index (χ2n) is 4.89. The first kappa shape index (κ1) is 16.4. The van der Waals surface area contributed by atoms with E-state index < -0.39 is 27.6 Å². The molecule has 0 aromatic heterocycles. The van der Waals surface area contributed by atoms with Crippen molar-refractivity contribution in [3.63, 3.8) is 0 Å². The molecule has 112 valence electrons. The highest BCUT2D eigenvalue weighted by atomic mass is 32.2. The van der Waals surface area contributed by atoms with Gasteiger partial charge in [0.1, 0.15) is 5.60 Å². The van der Waals surface area contributed by atoms with E-state index in [0.29, 0.717) is 19.4 Å². The fourth-order valence-corrected chi connectivity index (χ4v) is 3.62. The molecule has 7 heteroatoms. The van der Waals surface area contributed by atoms with E-state index in [0.717, 1.165) is 12.8 Å². The van der Waals surface area contributed by atoms with Gasteiger partial charge in [0.15, 0.2) is 0 Å². The van der Waals surface area contributed by atoms with Crippen LogP contribution in [0.5, 0.6) is 0 Å². The van der Waals surface area contributed by atoms with E-state index in [4.69, 9.17) is 9.47 Å². The van der Waals surface area contributed by atoms with Gasteiger partial charge in [-0.1, -0.05) is 0 Å². The zero-order chi connectivity index (χ0) is 14.5. The number of nitrogens with one attached hydrogen (secondary N) is 1. The number of rotatable bonds is 7. The van der Waals surface area contributed by atoms with Crippen LogP contribution in [-0.2, 0) is 24.3 Å². The van der Waals surface area contributed by atoms with E-state index in [1.807, 2.05) is 0 Å². The van der Waals surface area contributed by atoms with Crippen LogP contribution in [-0.4, -0.2) is 45.5 Å². The summed E-state index contributed by atoms with van der Waals surface area (Å²) < 4.78 is 36.2. The predicted molar refractivity (Wildman–Crippen MR) is 71.2 cm³/mol. The lowest BCUT2D eigenvalue weighted by atomic mass is 10.0. The van der Waals surface area contributed by atoms with Crippen molar-refractivity contribution in [1.29, 1.82) is 0 Å². The molecule has 0 radical (unpaired) electrons. The van der Waals surface area contributed by atoms with Gasteiger partial charge in [0.25, 0.3) is 5.91 Å². The Bertz CT molecular complexity index is 400. The minimum absolute atomic E-state index is 0.239. The summed E-state index contributed by atoms with van der Waals surface area (Å²) in [6.07, 6.45) is 2.44. The van der Waals surface area contributed by atoms with Crippen molar-refractivity contribution < 1.29 is 22.7 Å². The lowest BCUT2D eigenvalue weighted by Gasteiger charge is -2.27. The molecule has 1 aliphatic rings. The molecule has 1 fully saturated rings. The normalized spacial score (nSPS) is 20.2. The van der Waals surface area contributed by atoms with Crippen LogP contribution in [0.15, 0.2) is 0 Å². The maximum Gasteiger partial charge on any atom is 0.265 e. The van der Waals surface area contributed by atoms with E-state index in [1.54, 1.807) is 13.8 Å². The van der Waals surface area contributed by atoms with Gasteiger partial charge in [-0.3, -0.25) is 9.52 Å². The zero-order valence-corrected chi connectivity index (χ0v) is 12.6. The minimum Gasteiger partial charge on any atom is -0.381 e. The number of hydrogen-bond donors (Lipinski definition) is 1. The third kappa shape index (κ3) is 4.43. The van der Waals surface area contributed by atoms with Gasteiger partial charge in [0, 0.05) is 13.7 Å². The fourth-order valence-electron chi connectivity index (χ4n) is 2.31. The lowest BCUT2D eigenvalue weighted by Crippen LogP contribution is -2.50. The van der Waals surface area contributed by atoms with Crippen molar-refractivity contribution in [2.45, 2.75) is 51.2 Å². The molecule has 1 atom stereocenters. The second kappa shape index (κ2) is 6.67. The summed E-state index contributed by atoms with van der Waals surface area (Å²) in [7, 11) is -2.26. The highest BCUT2D eigenvalue weighted by Crippen LogP contribution is 2.33. The van der Waals surface area contributed by atoms with Crippen LogP contribution >= 0.6 is 0 Å². The molecule has 0 unspecified atom stereocenters. The average Bonchev–Trinajstić information content (AvgIpc) is 2.78. The summed E-state index contributed by atoms with van der Waals surface area (Å²) in [5, 5.41) is 0. The number of ether oxygens (including phenoxy) is 2. The fraction of sp³-hybridized carbons (Fsp3) is 0.917. The summed E-state index contributed by atoms with van der Waals surface area (Å²) in [6.45, 7) is 3.83. The Labute approximate surface area is 114 Å². The molecule has 19 heavy (non-hydrogen) atoms. The minimum atomic E-state index is -3.69. The zero-order valence-electron chi connectivity index (χ0n) is 11.8. The second-order valence-corrected chi connectivity index (χ2v) is 6.66. The molecule has 6 nitrogen and oxygen atoms in total. The molecule has 0 saturated heterocycles. The van der Waals surface area contributed by atoms with Crippen molar-refractivity contribution in [2.24, 2.45) is 0 Å². The molecule has 1 amide bonds. The van der Waals surface area contributed by atoms with E-state index >= 15 is 0 Å². The van der Waals surface area contributed by atoms with E-state index in [1.165, 1.54) is 7.11 Å².